The van der Waals surface area contributed by atoms with Gasteiger partial charge in [0, 0.05) is 10.5 Å². The van der Waals surface area contributed by atoms with Crippen molar-refractivity contribution in [2.24, 2.45) is 9.98 Å². The maximum Gasteiger partial charge on any atom is 0.264 e. The largest absolute Gasteiger partial charge is 0.264 e. The van der Waals surface area contributed by atoms with E-state index in [1.807, 2.05) is 21.1 Å². The number of aliphatic imine (C=N–C) groups is 2. The Balaban J connectivity index is 2.29. The second-order valence-corrected chi connectivity index (χ2v) is 5.56. The number of hydrogen-bond acceptors (Lipinski definition) is 3. The Morgan fingerprint density at radius 3 is 2.67 bits per heavy atom. The van der Waals surface area contributed by atoms with Crippen molar-refractivity contribution in [3.05, 3.63) is 53.8 Å². The van der Waals surface area contributed by atoms with E-state index in [2.05, 4.69) is 16.6 Å². The van der Waals surface area contributed by atoms with Gasteiger partial charge in [0.2, 0.25) is 7.28 Å². The minimum Gasteiger partial charge on any atom is -0.249 e. The summed E-state index contributed by atoms with van der Waals surface area (Å²) in [4.78, 5) is 9.18. The Labute approximate surface area is 128 Å². The van der Waals surface area contributed by atoms with E-state index in [1.165, 1.54) is 17.8 Å². The van der Waals surface area contributed by atoms with Crippen LogP contribution in [0.4, 0.5) is 8.78 Å². The normalized spacial score (nSPS) is 15.3. The molecule has 1 aliphatic heterocycles. The van der Waals surface area contributed by atoms with Crippen LogP contribution in [-0.2, 0) is 0 Å². The Morgan fingerprint density at radius 2 is 2.10 bits per heavy atom. The molecule has 0 atom stereocenters. The molecular formula is C15H14BF2N2S. The van der Waals surface area contributed by atoms with Gasteiger partial charge in [-0.25, -0.2) is 18.8 Å². The van der Waals surface area contributed by atoms with E-state index in [1.54, 1.807) is 24.3 Å². The maximum absolute atomic E-state index is 13.0. The average Bonchev–Trinajstić information content (AvgIpc) is 2.76. The van der Waals surface area contributed by atoms with Crippen molar-refractivity contribution in [3.63, 3.8) is 0 Å². The molecule has 6 heteroatoms. The summed E-state index contributed by atoms with van der Waals surface area (Å²) >= 11 is 1.17. The zero-order chi connectivity index (χ0) is 15.4. The molecule has 0 N–H and O–H groups in total. The molecule has 2 rings (SSSR count). The number of benzene rings is 1. The molecule has 2 nitrogen and oxygen atoms in total. The Hall–Kier alpha value is -1.69. The lowest BCUT2D eigenvalue weighted by molar-refractivity contribution is 0.148. The molecule has 0 amide bonds. The van der Waals surface area contributed by atoms with E-state index in [4.69, 9.17) is 0 Å². The summed E-state index contributed by atoms with van der Waals surface area (Å²) in [6, 6.07) is 6.40. The Kier molecular flexibility index (Phi) is 5.12. The van der Waals surface area contributed by atoms with E-state index < -0.39 is 6.43 Å². The zero-order valence-electron chi connectivity index (χ0n) is 11.8. The third kappa shape index (κ3) is 3.91. The van der Waals surface area contributed by atoms with Gasteiger partial charge in [-0.3, -0.25) is 0 Å². The fourth-order valence-electron chi connectivity index (χ4n) is 1.86. The summed E-state index contributed by atoms with van der Waals surface area (Å²) in [7, 11) is 1.93. The van der Waals surface area contributed by atoms with Crippen LogP contribution in [0.25, 0.3) is 0 Å². The van der Waals surface area contributed by atoms with Crippen molar-refractivity contribution >= 4 is 29.7 Å². The monoisotopic (exact) mass is 303 g/mol. The first-order valence-electron chi connectivity index (χ1n) is 6.38. The molecule has 0 saturated carbocycles. The molecule has 0 saturated heterocycles. The number of hydrogen-bond donors (Lipinski definition) is 0. The van der Waals surface area contributed by atoms with Gasteiger partial charge in [-0.2, -0.15) is 0 Å². The minimum atomic E-state index is -2.51. The second-order valence-electron chi connectivity index (χ2n) is 4.50. The van der Waals surface area contributed by atoms with Crippen molar-refractivity contribution in [1.82, 2.24) is 0 Å². The molecule has 21 heavy (non-hydrogen) atoms. The van der Waals surface area contributed by atoms with E-state index in [9.17, 15) is 8.78 Å². The van der Waals surface area contributed by atoms with E-state index in [-0.39, 0.29) is 5.56 Å². The van der Waals surface area contributed by atoms with Crippen molar-refractivity contribution in [1.29, 1.82) is 0 Å². The zero-order valence-corrected chi connectivity index (χ0v) is 12.6. The number of alkyl halides is 2. The van der Waals surface area contributed by atoms with Crippen LogP contribution in [0.15, 0.2) is 63.1 Å². The number of allylic oxidation sites excluding steroid dienone is 1. The molecule has 0 spiro atoms. The van der Waals surface area contributed by atoms with E-state index in [0.29, 0.717) is 15.8 Å². The number of thioether (sulfide) groups is 1. The first kappa shape index (κ1) is 15.7. The van der Waals surface area contributed by atoms with Crippen LogP contribution in [0, 0.1) is 0 Å². The lowest BCUT2D eigenvalue weighted by Crippen LogP contribution is -1.99. The molecule has 0 fully saturated rings. The summed E-state index contributed by atoms with van der Waals surface area (Å²) in [6.07, 6.45) is -0.961. The van der Waals surface area contributed by atoms with Crippen molar-refractivity contribution < 1.29 is 8.78 Å². The van der Waals surface area contributed by atoms with Gasteiger partial charge in [-0.05, 0) is 31.6 Å². The second kappa shape index (κ2) is 6.85. The average molecular weight is 303 g/mol. The summed E-state index contributed by atoms with van der Waals surface area (Å²) < 4.78 is 26.0. The van der Waals surface area contributed by atoms with Crippen molar-refractivity contribution in [2.45, 2.75) is 25.2 Å². The molecule has 1 aromatic carbocycles. The molecule has 0 aliphatic carbocycles. The van der Waals surface area contributed by atoms with Crippen LogP contribution in [0.1, 0.15) is 25.8 Å². The standard InChI is InChI=1S/C15H14BF2N2S/c1-4-13(20-15-9(2)16-10(3)19-15)21-12-8-6-5-7-11(12)14(17)18/h4-8,14H,1H2,2-3H3. The highest BCUT2D eigenvalue weighted by atomic mass is 32.2. The van der Waals surface area contributed by atoms with Crippen molar-refractivity contribution in [3.8, 4) is 0 Å². The fourth-order valence-corrected chi connectivity index (χ4v) is 2.72. The van der Waals surface area contributed by atoms with Gasteiger partial charge in [-0.1, -0.05) is 42.0 Å². The predicted octanol–water partition coefficient (Wildman–Crippen LogP) is 4.63. The molecule has 1 radical (unpaired) electrons. The molecular weight excluding hydrogens is 289 g/mol. The highest BCUT2D eigenvalue weighted by molar-refractivity contribution is 8.14. The fraction of sp³-hybridized carbons (Fsp3) is 0.200. The Bertz CT molecular complexity index is 651. The van der Waals surface area contributed by atoms with Gasteiger partial charge in [0.15, 0.2) is 0 Å². The van der Waals surface area contributed by atoms with Gasteiger partial charge in [0.1, 0.15) is 10.9 Å². The maximum atomic E-state index is 13.0. The topological polar surface area (TPSA) is 24.7 Å². The summed E-state index contributed by atoms with van der Waals surface area (Å²) in [5.74, 6) is 0.601. The molecule has 0 bridgehead atoms. The van der Waals surface area contributed by atoms with Gasteiger partial charge in [0.05, 0.1) is 0 Å². The first-order chi connectivity index (χ1) is 10.0. The lowest BCUT2D eigenvalue weighted by Gasteiger charge is -2.08. The molecule has 1 aliphatic rings. The highest BCUT2D eigenvalue weighted by Crippen LogP contribution is 2.32. The number of nitrogens with zero attached hydrogens (tertiary/aromatic N) is 2. The summed E-state index contributed by atoms with van der Waals surface area (Å²) in [5, 5.41) is 0.546. The SMILES string of the molecule is C=CC(=NC1=C(C)[B]C(C)=N1)Sc1ccccc1C(F)F. The smallest absolute Gasteiger partial charge is 0.249 e. The van der Waals surface area contributed by atoms with Gasteiger partial charge >= 0.3 is 0 Å². The van der Waals surface area contributed by atoms with Crippen LogP contribution in [0.5, 0.6) is 0 Å². The van der Waals surface area contributed by atoms with Gasteiger partial charge in [-0.15, -0.1) is 0 Å². The van der Waals surface area contributed by atoms with E-state index >= 15 is 0 Å². The Morgan fingerprint density at radius 1 is 1.38 bits per heavy atom. The third-order valence-corrected chi connectivity index (χ3v) is 3.88. The number of rotatable bonds is 4. The van der Waals surface area contributed by atoms with Crippen LogP contribution in [0.3, 0.4) is 0 Å². The van der Waals surface area contributed by atoms with Crippen LogP contribution in [-0.4, -0.2) is 17.9 Å². The van der Waals surface area contributed by atoms with Crippen LogP contribution in [0.2, 0.25) is 0 Å². The molecule has 0 aromatic heterocycles. The summed E-state index contributed by atoms with van der Waals surface area (Å²) in [6.45, 7) is 7.50. The quantitative estimate of drug-likeness (QED) is 0.344. The van der Waals surface area contributed by atoms with Crippen LogP contribution < -0.4 is 0 Å². The number of halogens is 2. The lowest BCUT2D eigenvalue weighted by atomic mass is 9.68. The molecule has 1 heterocycles. The van der Waals surface area contributed by atoms with E-state index in [0.717, 1.165) is 11.1 Å². The third-order valence-electron chi connectivity index (χ3n) is 2.82. The molecule has 0 unspecified atom stereocenters. The molecule has 1 aromatic rings. The highest BCUT2D eigenvalue weighted by Gasteiger charge is 2.15. The van der Waals surface area contributed by atoms with Crippen LogP contribution >= 0.6 is 11.8 Å². The first-order valence-corrected chi connectivity index (χ1v) is 7.20. The minimum absolute atomic E-state index is 0.000387. The summed E-state index contributed by atoms with van der Waals surface area (Å²) in [5.41, 5.74) is 1.84. The van der Waals surface area contributed by atoms with Crippen molar-refractivity contribution in [2.75, 3.05) is 0 Å². The predicted molar refractivity (Wildman–Crippen MR) is 86.5 cm³/mol. The molecule has 107 valence electrons. The van der Waals surface area contributed by atoms with Gasteiger partial charge < -0.3 is 0 Å². The van der Waals surface area contributed by atoms with Gasteiger partial charge in [0.25, 0.3) is 6.43 Å².